The Hall–Kier alpha value is -4.74. The molecule has 0 aliphatic heterocycles. The smallest absolute Gasteiger partial charge is 0.247 e. The minimum atomic E-state index is -1.36. The van der Waals surface area contributed by atoms with Gasteiger partial charge in [-0.1, -0.05) is 30.4 Å². The Morgan fingerprint density at radius 1 is 0.973 bits per heavy atom. The fraction of sp³-hybridized carbons (Fsp3) is 0.154. The Balaban J connectivity index is 1.51. The number of hydrogen-bond acceptors (Lipinski definition) is 11. The van der Waals surface area contributed by atoms with Gasteiger partial charge in [0.05, 0.1) is 19.5 Å². The molecular weight excluding hydrogens is 474 g/mol. The maximum absolute atomic E-state index is 10.3. The number of rotatable bonds is 10. The number of aromatic nitrogens is 2. The Morgan fingerprint density at radius 2 is 1.76 bits per heavy atom. The quantitative estimate of drug-likeness (QED) is 0.158. The number of hydrazone groups is 2. The maximum Gasteiger partial charge on any atom is 0.247 e. The number of anilines is 4. The fourth-order valence-corrected chi connectivity index (χ4v) is 3.37. The van der Waals surface area contributed by atoms with Crippen LogP contribution in [0.25, 0.3) is 0 Å². The van der Waals surface area contributed by atoms with Gasteiger partial charge in [0, 0.05) is 25.3 Å². The zero-order valence-corrected chi connectivity index (χ0v) is 20.3. The number of nitrogens with zero attached hydrogens (tertiary/aromatic N) is 4. The molecule has 0 spiro atoms. The molecule has 0 radical (unpaired) electrons. The van der Waals surface area contributed by atoms with Gasteiger partial charge in [-0.2, -0.15) is 20.2 Å². The SMILES string of the molecule is COc1cc(C=NNc2cc(Nc3ccccc3)nc(NN=CC3=CC=CC(O)(OC)C3)n2)ccc1O. The Labute approximate surface area is 213 Å². The first-order chi connectivity index (χ1) is 18.0. The lowest BCUT2D eigenvalue weighted by Gasteiger charge is -2.25. The molecule has 190 valence electrons. The van der Waals surface area contributed by atoms with E-state index in [2.05, 4.69) is 36.3 Å². The fourth-order valence-electron chi connectivity index (χ4n) is 3.37. The lowest BCUT2D eigenvalue weighted by atomic mass is 10.0. The summed E-state index contributed by atoms with van der Waals surface area (Å²) in [6, 6.07) is 16.2. The van der Waals surface area contributed by atoms with Crippen LogP contribution in [0.4, 0.5) is 23.3 Å². The van der Waals surface area contributed by atoms with Crippen LogP contribution in [-0.2, 0) is 4.74 Å². The largest absolute Gasteiger partial charge is 0.504 e. The Morgan fingerprint density at radius 3 is 2.54 bits per heavy atom. The highest BCUT2D eigenvalue weighted by molar-refractivity contribution is 5.82. The van der Waals surface area contributed by atoms with Gasteiger partial charge in [-0.25, -0.2) is 5.43 Å². The molecule has 1 aliphatic carbocycles. The summed E-state index contributed by atoms with van der Waals surface area (Å²) in [5.74, 6) is 0.164. The van der Waals surface area contributed by atoms with Gasteiger partial charge in [-0.3, -0.25) is 5.43 Å². The number of hydrogen-bond donors (Lipinski definition) is 5. The molecule has 1 heterocycles. The number of benzene rings is 2. The third-order valence-corrected chi connectivity index (χ3v) is 5.24. The molecule has 1 aliphatic rings. The van der Waals surface area contributed by atoms with Gasteiger partial charge in [0.15, 0.2) is 23.1 Å². The van der Waals surface area contributed by atoms with E-state index in [1.165, 1.54) is 20.3 Å². The molecule has 11 nitrogen and oxygen atoms in total. The van der Waals surface area contributed by atoms with Crippen molar-refractivity contribution in [3.8, 4) is 11.5 Å². The molecule has 11 heteroatoms. The van der Waals surface area contributed by atoms with Crippen molar-refractivity contribution >= 4 is 35.7 Å². The standard InChI is InChI=1S/C26H27N7O4/c1-36-22-13-18(10-11-21(22)34)16-27-32-24-14-23(29-20-8-4-3-5-9-20)30-25(31-24)33-28-17-19-7-6-12-26(35,15-19)37-2/h3-14,16-17,34-35H,15H2,1-2H3,(H3,29,30,31,32,33). The third-order valence-electron chi connectivity index (χ3n) is 5.24. The molecule has 0 fully saturated rings. The predicted octanol–water partition coefficient (Wildman–Crippen LogP) is 4.00. The second-order valence-corrected chi connectivity index (χ2v) is 7.95. The van der Waals surface area contributed by atoms with Crippen molar-refractivity contribution in [2.75, 3.05) is 30.4 Å². The van der Waals surface area contributed by atoms with Gasteiger partial charge < -0.3 is 25.0 Å². The van der Waals surface area contributed by atoms with Crippen molar-refractivity contribution in [2.45, 2.75) is 12.2 Å². The summed E-state index contributed by atoms with van der Waals surface area (Å²) in [6.07, 6.45) is 8.50. The van der Waals surface area contributed by atoms with E-state index >= 15 is 0 Å². The number of aliphatic hydroxyl groups is 1. The van der Waals surface area contributed by atoms with Gasteiger partial charge in [-0.05, 0) is 47.5 Å². The van der Waals surface area contributed by atoms with Crippen molar-refractivity contribution < 1.29 is 19.7 Å². The number of phenolic OH excluding ortho intramolecular Hbond substituents is 1. The summed E-state index contributed by atoms with van der Waals surface area (Å²) >= 11 is 0. The second kappa shape index (κ2) is 11.8. The number of para-hydroxylation sites is 1. The molecule has 5 N–H and O–H groups in total. The van der Waals surface area contributed by atoms with Crippen LogP contribution < -0.4 is 20.9 Å². The molecule has 0 bridgehead atoms. The zero-order chi connectivity index (χ0) is 26.1. The molecule has 1 aromatic heterocycles. The van der Waals surface area contributed by atoms with Crippen molar-refractivity contribution in [1.82, 2.24) is 9.97 Å². The molecule has 37 heavy (non-hydrogen) atoms. The van der Waals surface area contributed by atoms with Gasteiger partial charge in [0.25, 0.3) is 0 Å². The molecule has 0 saturated carbocycles. The first-order valence-corrected chi connectivity index (χ1v) is 11.3. The van der Waals surface area contributed by atoms with Crippen LogP contribution in [0.2, 0.25) is 0 Å². The number of ether oxygens (including phenoxy) is 2. The molecular formula is C26H27N7O4. The van der Waals surface area contributed by atoms with Crippen LogP contribution in [0.1, 0.15) is 12.0 Å². The summed E-state index contributed by atoms with van der Waals surface area (Å²) in [4.78, 5) is 8.87. The highest BCUT2D eigenvalue weighted by atomic mass is 16.6. The number of allylic oxidation sites excluding steroid dienone is 2. The van der Waals surface area contributed by atoms with E-state index in [0.29, 0.717) is 22.9 Å². The van der Waals surface area contributed by atoms with Crippen molar-refractivity contribution in [3.63, 3.8) is 0 Å². The van der Waals surface area contributed by atoms with Crippen LogP contribution in [-0.4, -0.2) is 52.6 Å². The van der Waals surface area contributed by atoms with Crippen molar-refractivity contribution in [1.29, 1.82) is 0 Å². The van der Waals surface area contributed by atoms with Crippen LogP contribution >= 0.6 is 0 Å². The lowest BCUT2D eigenvalue weighted by molar-refractivity contribution is -0.144. The van der Waals surface area contributed by atoms with Gasteiger partial charge in [0.1, 0.15) is 5.82 Å². The lowest BCUT2D eigenvalue weighted by Crippen LogP contribution is -2.30. The van der Waals surface area contributed by atoms with Crippen LogP contribution in [0.3, 0.4) is 0 Å². The van der Waals surface area contributed by atoms with E-state index < -0.39 is 5.79 Å². The van der Waals surface area contributed by atoms with Crippen molar-refractivity contribution in [3.05, 3.63) is 84.0 Å². The van der Waals surface area contributed by atoms with Crippen LogP contribution in [0.15, 0.2) is 88.6 Å². The second-order valence-electron chi connectivity index (χ2n) is 7.95. The number of aromatic hydroxyl groups is 1. The summed E-state index contributed by atoms with van der Waals surface area (Å²) in [5, 5.41) is 31.7. The molecule has 1 unspecified atom stereocenters. The first kappa shape index (κ1) is 25.4. The van der Waals surface area contributed by atoms with Gasteiger partial charge in [-0.15, -0.1) is 0 Å². The average molecular weight is 502 g/mol. The highest BCUT2D eigenvalue weighted by Gasteiger charge is 2.25. The molecule has 1 atom stereocenters. The Kier molecular flexibility index (Phi) is 8.08. The van der Waals surface area contributed by atoms with E-state index in [9.17, 15) is 10.2 Å². The maximum atomic E-state index is 10.3. The normalized spacial score (nSPS) is 17.1. The first-order valence-electron chi connectivity index (χ1n) is 11.3. The van der Waals surface area contributed by atoms with E-state index in [1.807, 2.05) is 36.4 Å². The van der Waals surface area contributed by atoms with Gasteiger partial charge >= 0.3 is 0 Å². The molecule has 0 amide bonds. The van der Waals surface area contributed by atoms with Crippen LogP contribution in [0.5, 0.6) is 11.5 Å². The average Bonchev–Trinajstić information content (AvgIpc) is 2.90. The molecule has 0 saturated heterocycles. The topological polar surface area (TPSA) is 146 Å². The minimum absolute atomic E-state index is 0.0446. The Bertz CT molecular complexity index is 1340. The minimum Gasteiger partial charge on any atom is -0.504 e. The van der Waals surface area contributed by atoms with Gasteiger partial charge in [0.2, 0.25) is 5.95 Å². The summed E-state index contributed by atoms with van der Waals surface area (Å²) in [6.45, 7) is 0. The predicted molar refractivity (Wildman–Crippen MR) is 144 cm³/mol. The zero-order valence-electron chi connectivity index (χ0n) is 20.3. The number of phenols is 1. The van der Waals surface area contributed by atoms with E-state index in [4.69, 9.17) is 9.47 Å². The van der Waals surface area contributed by atoms with E-state index in [1.54, 1.807) is 42.8 Å². The molecule has 3 aromatic rings. The molecule has 2 aromatic carbocycles. The van der Waals surface area contributed by atoms with E-state index in [0.717, 1.165) is 11.3 Å². The molecule has 4 rings (SSSR count). The monoisotopic (exact) mass is 501 g/mol. The van der Waals surface area contributed by atoms with E-state index in [-0.39, 0.29) is 18.1 Å². The number of nitrogens with one attached hydrogen (secondary N) is 3. The summed E-state index contributed by atoms with van der Waals surface area (Å²) < 4.78 is 10.2. The third kappa shape index (κ3) is 7.13. The van der Waals surface area contributed by atoms with Crippen molar-refractivity contribution in [2.24, 2.45) is 10.2 Å². The van der Waals surface area contributed by atoms with Crippen LogP contribution in [0, 0.1) is 0 Å². The summed E-state index contributed by atoms with van der Waals surface area (Å²) in [7, 11) is 2.92. The summed E-state index contributed by atoms with van der Waals surface area (Å²) in [5.41, 5.74) is 8.02. The number of methoxy groups -OCH3 is 2. The highest BCUT2D eigenvalue weighted by Crippen LogP contribution is 2.26.